The Morgan fingerprint density at radius 3 is 2.73 bits per heavy atom. The molecule has 0 bridgehead atoms. The van der Waals surface area contributed by atoms with Crippen molar-refractivity contribution in [1.82, 2.24) is 14.8 Å². The standard InChI is InChI=1S/C20H19N3O2S/c1-11-7-8-16(26-11)19-18-13(12-5-3-4-6-14(12)21-18)9-15-20(25)22(2)10-17(24)23(15)19/h3-8,15,19,21H,9-10H2,1-2H3/t15-,19-/m1/s1. The molecule has 1 saturated heterocycles. The Kier molecular flexibility index (Phi) is 3.28. The van der Waals surface area contributed by atoms with E-state index in [1.807, 2.05) is 17.0 Å². The largest absolute Gasteiger partial charge is 0.356 e. The number of likely N-dealkylation sites (N-methyl/N-ethyl adjacent to an activating group) is 1. The number of aryl methyl sites for hydroxylation is 1. The molecule has 5 rings (SSSR count). The number of nitrogens with zero attached hydrogens (tertiary/aromatic N) is 2. The summed E-state index contributed by atoms with van der Waals surface area (Å²) in [7, 11) is 1.71. The Labute approximate surface area is 155 Å². The number of amides is 2. The zero-order valence-electron chi connectivity index (χ0n) is 14.7. The second kappa shape index (κ2) is 5.45. The van der Waals surface area contributed by atoms with E-state index in [1.54, 1.807) is 23.3 Å². The molecule has 1 aromatic carbocycles. The van der Waals surface area contributed by atoms with Gasteiger partial charge in [0.1, 0.15) is 12.1 Å². The average Bonchev–Trinajstić information content (AvgIpc) is 3.21. The van der Waals surface area contributed by atoms with Crippen LogP contribution in [0.1, 0.15) is 27.1 Å². The number of benzene rings is 1. The van der Waals surface area contributed by atoms with Gasteiger partial charge < -0.3 is 14.8 Å². The summed E-state index contributed by atoms with van der Waals surface area (Å²) in [6.07, 6.45) is 0.565. The van der Waals surface area contributed by atoms with Crippen LogP contribution in [-0.2, 0) is 16.0 Å². The Bertz CT molecular complexity index is 1050. The van der Waals surface area contributed by atoms with E-state index in [0.29, 0.717) is 6.42 Å². The number of rotatable bonds is 1. The zero-order valence-corrected chi connectivity index (χ0v) is 15.5. The zero-order chi connectivity index (χ0) is 18.0. The molecule has 2 aliphatic rings. The van der Waals surface area contributed by atoms with Crippen molar-refractivity contribution in [3.63, 3.8) is 0 Å². The van der Waals surface area contributed by atoms with Gasteiger partial charge in [-0.1, -0.05) is 18.2 Å². The average molecular weight is 365 g/mol. The summed E-state index contributed by atoms with van der Waals surface area (Å²) < 4.78 is 0. The van der Waals surface area contributed by atoms with E-state index < -0.39 is 6.04 Å². The van der Waals surface area contributed by atoms with E-state index in [0.717, 1.165) is 27.0 Å². The van der Waals surface area contributed by atoms with Gasteiger partial charge in [-0.15, -0.1) is 11.3 Å². The van der Waals surface area contributed by atoms with Crippen LogP contribution in [0.3, 0.4) is 0 Å². The molecule has 1 N–H and O–H groups in total. The molecule has 132 valence electrons. The molecule has 0 saturated carbocycles. The van der Waals surface area contributed by atoms with Crippen molar-refractivity contribution >= 4 is 34.1 Å². The molecule has 4 heterocycles. The smallest absolute Gasteiger partial charge is 0.245 e. The minimum Gasteiger partial charge on any atom is -0.356 e. The summed E-state index contributed by atoms with van der Waals surface area (Å²) in [6, 6.07) is 11.7. The molecular formula is C20H19N3O2S. The third-order valence-corrected chi connectivity index (χ3v) is 6.54. The van der Waals surface area contributed by atoms with Gasteiger partial charge in [0.2, 0.25) is 11.8 Å². The van der Waals surface area contributed by atoms with Gasteiger partial charge in [0, 0.05) is 39.8 Å². The van der Waals surface area contributed by atoms with Gasteiger partial charge in [-0.05, 0) is 30.7 Å². The fourth-order valence-electron chi connectivity index (χ4n) is 4.31. The quantitative estimate of drug-likeness (QED) is 0.721. The van der Waals surface area contributed by atoms with E-state index in [1.165, 1.54) is 4.88 Å². The Morgan fingerprint density at radius 2 is 1.96 bits per heavy atom. The number of piperazine rings is 1. The fourth-order valence-corrected chi connectivity index (χ4v) is 5.29. The fraction of sp³-hybridized carbons (Fsp3) is 0.300. The third kappa shape index (κ3) is 2.08. The summed E-state index contributed by atoms with van der Waals surface area (Å²) in [5, 5.41) is 1.15. The van der Waals surface area contributed by atoms with Crippen LogP contribution < -0.4 is 0 Å². The minimum absolute atomic E-state index is 0.0115. The van der Waals surface area contributed by atoms with Crippen LogP contribution in [0.5, 0.6) is 0 Å². The highest BCUT2D eigenvalue weighted by Crippen LogP contribution is 2.43. The van der Waals surface area contributed by atoms with Crippen molar-refractivity contribution in [3.05, 3.63) is 57.4 Å². The number of nitrogens with one attached hydrogen (secondary N) is 1. The first kappa shape index (κ1) is 15.6. The van der Waals surface area contributed by atoms with Crippen LogP contribution in [-0.4, -0.2) is 46.2 Å². The molecular weight excluding hydrogens is 346 g/mol. The minimum atomic E-state index is -0.430. The van der Waals surface area contributed by atoms with Gasteiger partial charge in [0.15, 0.2) is 0 Å². The SMILES string of the molecule is Cc1ccc([C@@H]2c3[nH]c4ccccc4c3C[C@@H]3C(=O)N(C)CC(=O)N23)s1. The summed E-state index contributed by atoms with van der Waals surface area (Å²) in [6.45, 7) is 2.21. The van der Waals surface area contributed by atoms with Crippen molar-refractivity contribution in [1.29, 1.82) is 0 Å². The number of aromatic nitrogens is 1. The molecule has 0 unspecified atom stereocenters. The third-order valence-electron chi connectivity index (χ3n) is 5.48. The van der Waals surface area contributed by atoms with Crippen molar-refractivity contribution in [2.45, 2.75) is 25.4 Å². The van der Waals surface area contributed by atoms with Crippen LogP contribution in [0.15, 0.2) is 36.4 Å². The number of aromatic amines is 1. The Balaban J connectivity index is 1.77. The van der Waals surface area contributed by atoms with Gasteiger partial charge in [0.25, 0.3) is 0 Å². The summed E-state index contributed by atoms with van der Waals surface area (Å²) in [5.74, 6) is 0.0382. The topological polar surface area (TPSA) is 56.4 Å². The van der Waals surface area contributed by atoms with Crippen LogP contribution >= 0.6 is 11.3 Å². The van der Waals surface area contributed by atoms with Crippen LogP contribution in [0.4, 0.5) is 0 Å². The van der Waals surface area contributed by atoms with Gasteiger partial charge in [-0.2, -0.15) is 0 Å². The molecule has 0 aliphatic carbocycles. The molecule has 6 heteroatoms. The second-order valence-electron chi connectivity index (χ2n) is 7.13. The molecule has 2 atom stereocenters. The number of hydrogen-bond donors (Lipinski definition) is 1. The maximum absolute atomic E-state index is 12.9. The highest BCUT2D eigenvalue weighted by Gasteiger charge is 2.47. The number of H-pyrrole nitrogens is 1. The summed E-state index contributed by atoms with van der Waals surface area (Å²) in [4.78, 5) is 35.0. The van der Waals surface area contributed by atoms with Gasteiger partial charge in [-0.25, -0.2) is 0 Å². The second-order valence-corrected chi connectivity index (χ2v) is 8.45. The van der Waals surface area contributed by atoms with E-state index >= 15 is 0 Å². The van der Waals surface area contributed by atoms with Crippen molar-refractivity contribution in [3.8, 4) is 0 Å². The number of carbonyl (C=O) groups is 2. The van der Waals surface area contributed by atoms with E-state index in [9.17, 15) is 9.59 Å². The van der Waals surface area contributed by atoms with Gasteiger partial charge in [-0.3, -0.25) is 9.59 Å². The van der Waals surface area contributed by atoms with Crippen molar-refractivity contribution in [2.75, 3.05) is 13.6 Å². The number of hydrogen-bond acceptors (Lipinski definition) is 3. The van der Waals surface area contributed by atoms with E-state index in [-0.39, 0.29) is 24.4 Å². The maximum atomic E-state index is 12.9. The molecule has 3 aromatic rings. The number of thiophene rings is 1. The monoisotopic (exact) mass is 365 g/mol. The normalized spacial score (nSPS) is 22.7. The lowest BCUT2D eigenvalue weighted by Crippen LogP contribution is -2.62. The lowest BCUT2D eigenvalue weighted by atomic mass is 9.88. The predicted molar refractivity (Wildman–Crippen MR) is 101 cm³/mol. The molecule has 0 spiro atoms. The first-order chi connectivity index (χ1) is 12.5. The number of carbonyl (C=O) groups excluding carboxylic acids is 2. The van der Waals surface area contributed by atoms with E-state index in [4.69, 9.17) is 0 Å². The van der Waals surface area contributed by atoms with Crippen LogP contribution in [0.25, 0.3) is 10.9 Å². The van der Waals surface area contributed by atoms with Gasteiger partial charge in [0.05, 0.1) is 6.54 Å². The van der Waals surface area contributed by atoms with Crippen LogP contribution in [0.2, 0.25) is 0 Å². The van der Waals surface area contributed by atoms with E-state index in [2.05, 4.69) is 36.2 Å². The Hall–Kier alpha value is -2.60. The molecule has 2 amide bonds. The highest BCUT2D eigenvalue weighted by atomic mass is 32.1. The van der Waals surface area contributed by atoms with Crippen LogP contribution in [0, 0.1) is 6.92 Å². The molecule has 2 aliphatic heterocycles. The highest BCUT2D eigenvalue weighted by molar-refractivity contribution is 7.12. The molecule has 0 radical (unpaired) electrons. The molecule has 2 aromatic heterocycles. The summed E-state index contributed by atoms with van der Waals surface area (Å²) in [5.41, 5.74) is 3.27. The van der Waals surface area contributed by atoms with Gasteiger partial charge >= 0.3 is 0 Å². The number of fused-ring (bicyclic) bond motifs is 4. The molecule has 26 heavy (non-hydrogen) atoms. The molecule has 5 nitrogen and oxygen atoms in total. The number of para-hydroxylation sites is 1. The lowest BCUT2D eigenvalue weighted by Gasteiger charge is -2.45. The predicted octanol–water partition coefficient (Wildman–Crippen LogP) is 2.85. The summed E-state index contributed by atoms with van der Waals surface area (Å²) >= 11 is 1.69. The lowest BCUT2D eigenvalue weighted by molar-refractivity contribution is -0.157. The van der Waals surface area contributed by atoms with Crippen molar-refractivity contribution < 1.29 is 9.59 Å². The maximum Gasteiger partial charge on any atom is 0.245 e. The first-order valence-electron chi connectivity index (χ1n) is 8.76. The Morgan fingerprint density at radius 1 is 1.15 bits per heavy atom. The molecule has 1 fully saturated rings. The van der Waals surface area contributed by atoms with Crippen molar-refractivity contribution in [2.24, 2.45) is 0 Å². The first-order valence-corrected chi connectivity index (χ1v) is 9.58.